The smallest absolute Gasteiger partial charge is 0.327 e. The standard InChI is InChI=1S/C26H27NO5S/c1-17-9-13-21(14-10-17)33(30)26(24(29)32-4)16-25(2,23(28)31-3)27-22(26)20-12-11-18-7-5-6-8-19(18)15-20/h5-15,22,27H,16H2,1-4H3/t22-,25+,26+,33-/m1/s1. The average molecular weight is 466 g/mol. The Morgan fingerprint density at radius 3 is 2.21 bits per heavy atom. The highest BCUT2D eigenvalue weighted by atomic mass is 32.2. The van der Waals surface area contributed by atoms with Gasteiger partial charge in [0.05, 0.1) is 31.1 Å². The molecule has 0 aliphatic carbocycles. The highest BCUT2D eigenvalue weighted by Gasteiger charge is 2.65. The third-order valence-corrected chi connectivity index (χ3v) is 8.29. The van der Waals surface area contributed by atoms with Gasteiger partial charge >= 0.3 is 11.9 Å². The maximum atomic E-state index is 14.1. The minimum atomic E-state index is -1.83. The Hall–Kier alpha value is -3.03. The molecule has 7 heteroatoms. The lowest BCUT2D eigenvalue weighted by molar-refractivity contribution is -0.147. The van der Waals surface area contributed by atoms with Crippen molar-refractivity contribution in [2.75, 3.05) is 14.2 Å². The molecule has 4 atom stereocenters. The first-order chi connectivity index (χ1) is 15.7. The van der Waals surface area contributed by atoms with Crippen LogP contribution in [0.5, 0.6) is 0 Å². The van der Waals surface area contributed by atoms with Gasteiger partial charge in [0.15, 0.2) is 4.75 Å². The molecule has 33 heavy (non-hydrogen) atoms. The molecule has 0 spiro atoms. The average Bonchev–Trinajstić information content (AvgIpc) is 3.18. The molecule has 1 aliphatic heterocycles. The van der Waals surface area contributed by atoms with Crippen LogP contribution in [0.3, 0.4) is 0 Å². The van der Waals surface area contributed by atoms with E-state index in [1.54, 1.807) is 19.1 Å². The number of rotatable bonds is 5. The number of nitrogens with one attached hydrogen (secondary N) is 1. The monoisotopic (exact) mass is 465 g/mol. The summed E-state index contributed by atoms with van der Waals surface area (Å²) in [6.07, 6.45) is -0.0443. The van der Waals surface area contributed by atoms with Crippen LogP contribution in [0.4, 0.5) is 0 Å². The van der Waals surface area contributed by atoms with Gasteiger partial charge in [-0.25, -0.2) is 0 Å². The second-order valence-corrected chi connectivity index (χ2v) is 10.4. The van der Waals surface area contributed by atoms with E-state index in [1.165, 1.54) is 14.2 Å². The number of hydrogen-bond donors (Lipinski definition) is 1. The van der Waals surface area contributed by atoms with Crippen molar-refractivity contribution in [2.24, 2.45) is 0 Å². The molecule has 172 valence electrons. The van der Waals surface area contributed by atoms with E-state index < -0.39 is 39.1 Å². The van der Waals surface area contributed by atoms with Crippen LogP contribution in [0.25, 0.3) is 10.8 Å². The Morgan fingerprint density at radius 1 is 0.939 bits per heavy atom. The summed E-state index contributed by atoms with van der Waals surface area (Å²) in [6, 6.07) is 20.1. The minimum Gasteiger partial charge on any atom is -0.468 e. The molecule has 1 saturated heterocycles. The number of carbonyl (C=O) groups excluding carboxylic acids is 2. The van der Waals surface area contributed by atoms with Gasteiger partial charge in [-0.1, -0.05) is 54.1 Å². The van der Waals surface area contributed by atoms with E-state index >= 15 is 0 Å². The summed E-state index contributed by atoms with van der Waals surface area (Å²) in [5, 5.41) is 5.31. The lowest BCUT2D eigenvalue weighted by Gasteiger charge is -2.31. The maximum Gasteiger partial charge on any atom is 0.327 e. The number of hydrogen-bond acceptors (Lipinski definition) is 6. The van der Waals surface area contributed by atoms with Crippen LogP contribution in [-0.4, -0.2) is 40.7 Å². The fourth-order valence-corrected chi connectivity index (χ4v) is 6.56. The molecule has 1 fully saturated rings. The molecule has 0 amide bonds. The van der Waals surface area contributed by atoms with Gasteiger partial charge in [-0.3, -0.25) is 19.1 Å². The number of carbonyl (C=O) groups is 2. The van der Waals surface area contributed by atoms with Crippen molar-refractivity contribution in [3.8, 4) is 0 Å². The Morgan fingerprint density at radius 2 is 1.58 bits per heavy atom. The predicted molar refractivity (Wildman–Crippen MR) is 127 cm³/mol. The summed E-state index contributed by atoms with van der Waals surface area (Å²) in [5.41, 5.74) is 0.518. The second-order valence-electron chi connectivity index (χ2n) is 8.65. The maximum absolute atomic E-state index is 14.1. The SMILES string of the molecule is COC(=O)[C@]1(C)C[C@](C(=O)OC)([S@](=O)c2ccc(C)cc2)[C@@H](c2ccc3ccccc3c2)N1. The molecule has 0 saturated carbocycles. The van der Waals surface area contributed by atoms with Crippen LogP contribution in [0.2, 0.25) is 0 Å². The van der Waals surface area contributed by atoms with E-state index in [-0.39, 0.29) is 6.42 Å². The number of aryl methyl sites for hydroxylation is 1. The van der Waals surface area contributed by atoms with Crippen LogP contribution in [-0.2, 0) is 29.9 Å². The Balaban J connectivity index is 1.94. The van der Waals surface area contributed by atoms with Gasteiger partial charge < -0.3 is 9.47 Å². The topological polar surface area (TPSA) is 81.7 Å². The van der Waals surface area contributed by atoms with Gasteiger partial charge in [-0.2, -0.15) is 0 Å². The molecular weight excluding hydrogens is 438 g/mol. The van der Waals surface area contributed by atoms with E-state index in [1.807, 2.05) is 61.5 Å². The van der Waals surface area contributed by atoms with E-state index in [4.69, 9.17) is 9.47 Å². The van der Waals surface area contributed by atoms with E-state index in [2.05, 4.69) is 5.32 Å². The van der Waals surface area contributed by atoms with Crippen LogP contribution >= 0.6 is 0 Å². The quantitative estimate of drug-likeness (QED) is 0.577. The van der Waals surface area contributed by atoms with Crippen molar-refractivity contribution in [2.45, 2.75) is 41.5 Å². The summed E-state index contributed by atoms with van der Waals surface area (Å²) >= 11 is 0. The fraction of sp³-hybridized carbons (Fsp3) is 0.308. The Kier molecular flexibility index (Phi) is 6.12. The van der Waals surface area contributed by atoms with Crippen molar-refractivity contribution in [1.82, 2.24) is 5.32 Å². The van der Waals surface area contributed by atoms with Gasteiger partial charge in [0, 0.05) is 11.3 Å². The number of esters is 2. The third-order valence-electron chi connectivity index (χ3n) is 6.38. The molecule has 3 aromatic carbocycles. The van der Waals surface area contributed by atoms with Gasteiger partial charge in [0.2, 0.25) is 0 Å². The van der Waals surface area contributed by atoms with Crippen molar-refractivity contribution in [3.63, 3.8) is 0 Å². The molecule has 3 aromatic rings. The molecule has 1 N–H and O–H groups in total. The molecular formula is C26H27NO5S. The Labute approximate surface area is 195 Å². The summed E-state index contributed by atoms with van der Waals surface area (Å²) in [5.74, 6) is -1.17. The first-order valence-electron chi connectivity index (χ1n) is 10.7. The second kappa shape index (κ2) is 8.72. The molecule has 0 radical (unpaired) electrons. The zero-order valence-corrected chi connectivity index (χ0v) is 19.9. The molecule has 1 heterocycles. The predicted octanol–water partition coefficient (Wildman–Crippen LogP) is 3.83. The summed E-state index contributed by atoms with van der Waals surface area (Å²) in [7, 11) is 0.751. The normalized spacial score (nSPS) is 25.5. The number of ether oxygens (including phenoxy) is 2. The number of benzene rings is 3. The first kappa shape index (κ1) is 23.1. The van der Waals surface area contributed by atoms with Gasteiger partial charge in [-0.05, 0) is 48.4 Å². The van der Waals surface area contributed by atoms with Crippen LogP contribution in [0.15, 0.2) is 71.6 Å². The molecule has 0 unspecified atom stereocenters. The molecule has 4 rings (SSSR count). The van der Waals surface area contributed by atoms with E-state index in [0.29, 0.717) is 4.90 Å². The zero-order chi connectivity index (χ0) is 23.8. The number of fused-ring (bicyclic) bond motifs is 1. The lowest BCUT2D eigenvalue weighted by Crippen LogP contribution is -2.48. The highest BCUT2D eigenvalue weighted by Crippen LogP contribution is 2.48. The zero-order valence-electron chi connectivity index (χ0n) is 19.1. The largest absolute Gasteiger partial charge is 0.468 e. The van der Waals surface area contributed by atoms with Crippen LogP contribution in [0.1, 0.15) is 30.5 Å². The Bertz CT molecular complexity index is 1240. The summed E-state index contributed by atoms with van der Waals surface area (Å²) in [6.45, 7) is 3.61. The summed E-state index contributed by atoms with van der Waals surface area (Å²) < 4.78 is 22.9. The van der Waals surface area contributed by atoms with Crippen molar-refractivity contribution in [1.29, 1.82) is 0 Å². The van der Waals surface area contributed by atoms with Crippen molar-refractivity contribution >= 4 is 33.5 Å². The lowest BCUT2D eigenvalue weighted by atomic mass is 9.88. The van der Waals surface area contributed by atoms with Crippen LogP contribution < -0.4 is 5.32 Å². The van der Waals surface area contributed by atoms with Crippen LogP contribution in [0, 0.1) is 6.92 Å². The van der Waals surface area contributed by atoms with Gasteiger partial charge in [-0.15, -0.1) is 0 Å². The number of methoxy groups -OCH3 is 2. The molecule has 1 aliphatic rings. The minimum absolute atomic E-state index is 0.0443. The van der Waals surface area contributed by atoms with Crippen molar-refractivity contribution < 1.29 is 23.3 Å². The molecule has 0 bridgehead atoms. The fourth-order valence-electron chi connectivity index (χ4n) is 4.69. The first-order valence-corrected chi connectivity index (χ1v) is 11.8. The molecule has 6 nitrogen and oxygen atoms in total. The van der Waals surface area contributed by atoms with Gasteiger partial charge in [0.1, 0.15) is 5.54 Å². The third kappa shape index (κ3) is 3.85. The highest BCUT2D eigenvalue weighted by molar-refractivity contribution is 7.87. The van der Waals surface area contributed by atoms with Gasteiger partial charge in [0.25, 0.3) is 0 Å². The molecule has 0 aromatic heterocycles. The van der Waals surface area contributed by atoms with E-state index in [9.17, 15) is 13.8 Å². The summed E-state index contributed by atoms with van der Waals surface area (Å²) in [4.78, 5) is 26.7. The van der Waals surface area contributed by atoms with Crippen molar-refractivity contribution in [3.05, 3.63) is 77.9 Å². The van der Waals surface area contributed by atoms with E-state index in [0.717, 1.165) is 21.9 Å².